The zero-order chi connectivity index (χ0) is 13.8. The Morgan fingerprint density at radius 3 is 2.21 bits per heavy atom. The fraction of sp³-hybridized carbons (Fsp3) is 0.235. The van der Waals surface area contributed by atoms with Crippen molar-refractivity contribution in [1.29, 1.82) is 0 Å². The van der Waals surface area contributed by atoms with Gasteiger partial charge in [0.2, 0.25) is 0 Å². The van der Waals surface area contributed by atoms with Crippen molar-refractivity contribution >= 4 is 5.78 Å². The minimum absolute atomic E-state index is 0.107. The molecule has 98 valence electrons. The normalized spacial score (nSPS) is 10.5. The number of aryl methyl sites for hydroxylation is 2. The van der Waals surface area contributed by atoms with Crippen molar-refractivity contribution in [3.05, 3.63) is 70.5 Å². The van der Waals surface area contributed by atoms with Crippen LogP contribution in [0.15, 0.2) is 42.5 Å². The highest BCUT2D eigenvalue weighted by atomic mass is 19.1. The third-order valence-corrected chi connectivity index (χ3v) is 2.97. The maximum Gasteiger partial charge on any atom is 0.141 e. The second-order valence-electron chi connectivity index (χ2n) is 5.02. The van der Waals surface area contributed by atoms with Crippen LogP contribution in [0, 0.1) is 19.7 Å². The highest BCUT2D eigenvalue weighted by Crippen LogP contribution is 2.12. The zero-order valence-corrected chi connectivity index (χ0v) is 11.2. The van der Waals surface area contributed by atoms with Gasteiger partial charge in [-0.05, 0) is 37.1 Å². The van der Waals surface area contributed by atoms with E-state index < -0.39 is 0 Å². The van der Waals surface area contributed by atoms with Gasteiger partial charge in [0.1, 0.15) is 11.6 Å². The lowest BCUT2D eigenvalue weighted by atomic mass is 10.00. The maximum absolute atomic E-state index is 13.0. The van der Waals surface area contributed by atoms with Crippen LogP contribution >= 0.6 is 0 Å². The number of hydrogen-bond donors (Lipinski definition) is 0. The first kappa shape index (κ1) is 13.5. The SMILES string of the molecule is Cc1cc(C)cc(CC(=O)Cc2cccc(F)c2)c1. The number of halogens is 1. The number of benzene rings is 2. The number of Topliss-reactive ketones (excluding diaryl/α,β-unsaturated/α-hetero) is 1. The Labute approximate surface area is 113 Å². The van der Waals surface area contributed by atoms with Crippen LogP contribution in [0.2, 0.25) is 0 Å². The van der Waals surface area contributed by atoms with E-state index in [1.807, 2.05) is 26.0 Å². The Balaban J connectivity index is 2.05. The molecule has 0 fully saturated rings. The zero-order valence-electron chi connectivity index (χ0n) is 11.2. The lowest BCUT2D eigenvalue weighted by Gasteiger charge is -2.05. The Hall–Kier alpha value is -1.96. The van der Waals surface area contributed by atoms with E-state index in [9.17, 15) is 9.18 Å². The van der Waals surface area contributed by atoms with Crippen molar-refractivity contribution in [2.75, 3.05) is 0 Å². The molecule has 0 aliphatic heterocycles. The van der Waals surface area contributed by atoms with Crippen LogP contribution in [0.1, 0.15) is 22.3 Å². The van der Waals surface area contributed by atoms with Crippen molar-refractivity contribution < 1.29 is 9.18 Å². The van der Waals surface area contributed by atoms with Gasteiger partial charge in [0.05, 0.1) is 0 Å². The lowest BCUT2D eigenvalue weighted by Crippen LogP contribution is -2.07. The molecule has 0 amide bonds. The number of rotatable bonds is 4. The van der Waals surface area contributed by atoms with E-state index in [0.717, 1.165) is 22.3 Å². The topological polar surface area (TPSA) is 17.1 Å². The molecule has 2 heteroatoms. The molecule has 1 nitrogen and oxygen atoms in total. The molecule has 0 heterocycles. The van der Waals surface area contributed by atoms with Gasteiger partial charge in [-0.15, -0.1) is 0 Å². The van der Waals surface area contributed by atoms with Gasteiger partial charge in [-0.2, -0.15) is 0 Å². The summed E-state index contributed by atoms with van der Waals surface area (Å²) in [5, 5.41) is 0. The van der Waals surface area contributed by atoms with Crippen LogP contribution in [0.3, 0.4) is 0 Å². The molecule has 19 heavy (non-hydrogen) atoms. The molecule has 0 aliphatic rings. The molecular weight excluding hydrogens is 239 g/mol. The van der Waals surface area contributed by atoms with Crippen LogP contribution < -0.4 is 0 Å². The molecule has 0 saturated heterocycles. The summed E-state index contributed by atoms with van der Waals surface area (Å²) in [6.07, 6.45) is 0.684. The monoisotopic (exact) mass is 256 g/mol. The van der Waals surface area contributed by atoms with Gasteiger partial charge in [-0.25, -0.2) is 4.39 Å². The van der Waals surface area contributed by atoms with Crippen molar-refractivity contribution in [1.82, 2.24) is 0 Å². The predicted octanol–water partition coefficient (Wildman–Crippen LogP) is 3.80. The highest BCUT2D eigenvalue weighted by molar-refractivity contribution is 5.83. The van der Waals surface area contributed by atoms with E-state index >= 15 is 0 Å². The van der Waals surface area contributed by atoms with Crippen LogP contribution in [0.5, 0.6) is 0 Å². The van der Waals surface area contributed by atoms with Gasteiger partial charge in [-0.3, -0.25) is 4.79 Å². The average Bonchev–Trinajstić information content (AvgIpc) is 2.26. The molecular formula is C17H17FO. The van der Waals surface area contributed by atoms with E-state index in [4.69, 9.17) is 0 Å². The summed E-state index contributed by atoms with van der Waals surface area (Å²) in [7, 11) is 0. The first-order valence-corrected chi connectivity index (χ1v) is 6.36. The minimum Gasteiger partial charge on any atom is -0.299 e. The van der Waals surface area contributed by atoms with Crippen LogP contribution in [0.4, 0.5) is 4.39 Å². The van der Waals surface area contributed by atoms with Gasteiger partial charge in [-0.1, -0.05) is 41.5 Å². The quantitative estimate of drug-likeness (QED) is 0.813. The Bertz CT molecular complexity index is 582. The van der Waals surface area contributed by atoms with E-state index in [0.29, 0.717) is 6.42 Å². The lowest BCUT2D eigenvalue weighted by molar-refractivity contribution is -0.117. The van der Waals surface area contributed by atoms with E-state index in [1.165, 1.54) is 12.1 Å². The Morgan fingerprint density at radius 1 is 0.947 bits per heavy atom. The van der Waals surface area contributed by atoms with Crippen LogP contribution in [-0.2, 0) is 17.6 Å². The third-order valence-electron chi connectivity index (χ3n) is 2.97. The smallest absolute Gasteiger partial charge is 0.141 e. The first-order chi connectivity index (χ1) is 9.02. The molecule has 0 N–H and O–H groups in total. The molecule has 2 rings (SSSR count). The average molecular weight is 256 g/mol. The third kappa shape index (κ3) is 4.02. The molecule has 0 saturated carbocycles. The van der Waals surface area contributed by atoms with Gasteiger partial charge in [0, 0.05) is 12.8 Å². The molecule has 0 spiro atoms. The van der Waals surface area contributed by atoms with Gasteiger partial charge < -0.3 is 0 Å². The summed E-state index contributed by atoms with van der Waals surface area (Å²) in [5.41, 5.74) is 4.08. The minimum atomic E-state index is -0.295. The maximum atomic E-state index is 13.0. The van der Waals surface area contributed by atoms with Crippen molar-refractivity contribution in [2.24, 2.45) is 0 Å². The first-order valence-electron chi connectivity index (χ1n) is 6.36. The highest BCUT2D eigenvalue weighted by Gasteiger charge is 2.07. The molecule has 0 unspecified atom stereocenters. The van der Waals surface area contributed by atoms with Gasteiger partial charge in [0.15, 0.2) is 0 Å². The van der Waals surface area contributed by atoms with E-state index in [1.54, 1.807) is 12.1 Å². The molecule has 0 atom stereocenters. The molecule has 0 aliphatic carbocycles. The van der Waals surface area contributed by atoms with E-state index in [2.05, 4.69) is 6.07 Å². The number of carbonyl (C=O) groups excluding carboxylic acids is 1. The summed E-state index contributed by atoms with van der Waals surface area (Å²) in [6, 6.07) is 12.3. The second-order valence-corrected chi connectivity index (χ2v) is 5.02. The van der Waals surface area contributed by atoms with Gasteiger partial charge >= 0.3 is 0 Å². The number of ketones is 1. The second kappa shape index (κ2) is 5.79. The molecule has 2 aromatic carbocycles. The van der Waals surface area contributed by atoms with Crippen molar-refractivity contribution in [3.63, 3.8) is 0 Å². The summed E-state index contributed by atoms with van der Waals surface area (Å²) >= 11 is 0. The molecule has 2 aromatic rings. The number of hydrogen-bond acceptors (Lipinski definition) is 1. The summed E-state index contributed by atoms with van der Waals surface area (Å²) < 4.78 is 13.0. The van der Waals surface area contributed by atoms with Crippen molar-refractivity contribution in [2.45, 2.75) is 26.7 Å². The summed E-state index contributed by atoms with van der Waals surface area (Å²) in [5.74, 6) is -0.188. The predicted molar refractivity (Wildman–Crippen MR) is 74.7 cm³/mol. The molecule has 0 bridgehead atoms. The van der Waals surface area contributed by atoms with Crippen LogP contribution in [-0.4, -0.2) is 5.78 Å². The Kier molecular flexibility index (Phi) is 4.10. The summed E-state index contributed by atoms with van der Waals surface area (Å²) in [4.78, 5) is 12.0. The number of carbonyl (C=O) groups is 1. The largest absolute Gasteiger partial charge is 0.299 e. The fourth-order valence-electron chi connectivity index (χ4n) is 2.34. The Morgan fingerprint density at radius 2 is 1.58 bits per heavy atom. The van der Waals surface area contributed by atoms with E-state index in [-0.39, 0.29) is 18.0 Å². The molecule has 0 aromatic heterocycles. The van der Waals surface area contributed by atoms with Crippen molar-refractivity contribution in [3.8, 4) is 0 Å². The van der Waals surface area contributed by atoms with Gasteiger partial charge in [0.25, 0.3) is 0 Å². The molecule has 0 radical (unpaired) electrons. The summed E-state index contributed by atoms with van der Waals surface area (Å²) in [6.45, 7) is 4.04. The standard InChI is InChI=1S/C17H17FO/c1-12-6-13(2)8-15(7-12)11-17(19)10-14-4-3-5-16(18)9-14/h3-9H,10-11H2,1-2H3. The fourth-order valence-corrected chi connectivity index (χ4v) is 2.34. The van der Waals surface area contributed by atoms with Crippen LogP contribution in [0.25, 0.3) is 0 Å².